The molecule has 13 rings (SSSR count). The molecule has 63 heavy (non-hydrogen) atoms. The maximum atomic E-state index is 6.78. The molecule has 0 bridgehead atoms. The lowest BCUT2D eigenvalue weighted by atomic mass is 9.95. The van der Waals surface area contributed by atoms with E-state index in [0.717, 1.165) is 77.7 Å². The number of rotatable bonds is 6. The van der Waals surface area contributed by atoms with E-state index in [2.05, 4.69) is 240 Å². The van der Waals surface area contributed by atoms with Gasteiger partial charge in [0, 0.05) is 38.5 Å². The van der Waals surface area contributed by atoms with Crippen molar-refractivity contribution in [3.8, 4) is 27.9 Å². The second kappa shape index (κ2) is 14.1. The van der Waals surface area contributed by atoms with E-state index >= 15 is 0 Å². The Bertz CT molecular complexity index is 3870. The van der Waals surface area contributed by atoms with Gasteiger partial charge >= 0.3 is 0 Å². The van der Waals surface area contributed by atoms with Crippen molar-refractivity contribution in [2.24, 2.45) is 0 Å². The molecule has 0 N–H and O–H groups in total. The van der Waals surface area contributed by atoms with Crippen LogP contribution in [0, 0.1) is 0 Å². The van der Waals surface area contributed by atoms with Crippen molar-refractivity contribution < 1.29 is 4.42 Å². The van der Waals surface area contributed by atoms with Gasteiger partial charge in [-0.15, -0.1) is 0 Å². The Morgan fingerprint density at radius 1 is 0.349 bits per heavy atom. The fraction of sp³-hybridized carbons (Fsp3) is 0. The summed E-state index contributed by atoms with van der Waals surface area (Å²) < 4.78 is 9.16. The van der Waals surface area contributed by atoms with E-state index in [1.54, 1.807) is 0 Å². The van der Waals surface area contributed by atoms with Crippen molar-refractivity contribution in [3.05, 3.63) is 231 Å². The number of fused-ring (bicyclic) bond motifs is 11. The van der Waals surface area contributed by atoms with E-state index in [1.807, 2.05) is 0 Å². The summed E-state index contributed by atoms with van der Waals surface area (Å²) in [5.41, 5.74) is 13.1. The molecule has 0 spiro atoms. The van der Waals surface area contributed by atoms with Crippen LogP contribution in [0.4, 0.5) is 17.1 Å². The van der Waals surface area contributed by atoms with E-state index in [0.29, 0.717) is 0 Å². The van der Waals surface area contributed by atoms with Crippen LogP contribution < -0.4 is 4.90 Å². The van der Waals surface area contributed by atoms with Gasteiger partial charge in [-0.1, -0.05) is 164 Å². The molecule has 11 aromatic carbocycles. The molecule has 0 saturated carbocycles. The summed E-state index contributed by atoms with van der Waals surface area (Å²) in [4.78, 5) is 2.42. The normalized spacial score (nSPS) is 11.8. The average molecular weight is 803 g/mol. The second-order valence-electron chi connectivity index (χ2n) is 16.5. The number of furan rings is 1. The topological polar surface area (TPSA) is 21.3 Å². The smallest absolute Gasteiger partial charge is 0.143 e. The first-order valence-electron chi connectivity index (χ1n) is 21.6. The molecule has 0 atom stereocenters. The maximum absolute atomic E-state index is 6.78. The first-order chi connectivity index (χ1) is 31.2. The second-order valence-corrected chi connectivity index (χ2v) is 16.5. The van der Waals surface area contributed by atoms with Gasteiger partial charge in [-0.25, -0.2) is 0 Å². The number of nitrogens with zero attached hydrogens (tertiary/aromatic N) is 2. The molecule has 3 nitrogen and oxygen atoms in total. The Hall–Kier alpha value is -8.40. The third-order valence-corrected chi connectivity index (χ3v) is 13.0. The predicted molar refractivity (Wildman–Crippen MR) is 266 cm³/mol. The summed E-state index contributed by atoms with van der Waals surface area (Å²) in [6, 6.07) is 83.5. The highest BCUT2D eigenvalue weighted by molar-refractivity contribution is 6.20. The zero-order chi connectivity index (χ0) is 41.4. The van der Waals surface area contributed by atoms with Crippen LogP contribution in [0.3, 0.4) is 0 Å². The van der Waals surface area contributed by atoms with Crippen molar-refractivity contribution in [2.75, 3.05) is 4.90 Å². The van der Waals surface area contributed by atoms with Gasteiger partial charge in [0.1, 0.15) is 11.2 Å². The molecule has 2 aromatic heterocycles. The summed E-state index contributed by atoms with van der Waals surface area (Å²) in [5, 5.41) is 11.9. The van der Waals surface area contributed by atoms with Crippen LogP contribution in [0.1, 0.15) is 0 Å². The molecule has 0 aliphatic heterocycles. The molecule has 0 radical (unpaired) electrons. The van der Waals surface area contributed by atoms with Gasteiger partial charge in [-0.05, 0) is 110 Å². The van der Waals surface area contributed by atoms with Crippen molar-refractivity contribution in [1.29, 1.82) is 0 Å². The monoisotopic (exact) mass is 802 g/mol. The van der Waals surface area contributed by atoms with Gasteiger partial charge < -0.3 is 13.9 Å². The Kier molecular flexibility index (Phi) is 7.91. The fourth-order valence-electron chi connectivity index (χ4n) is 10.0. The average Bonchev–Trinajstić information content (AvgIpc) is 3.91. The van der Waals surface area contributed by atoms with Gasteiger partial charge in [0.25, 0.3) is 0 Å². The highest BCUT2D eigenvalue weighted by Crippen LogP contribution is 2.47. The summed E-state index contributed by atoms with van der Waals surface area (Å²) >= 11 is 0. The molecule has 0 unspecified atom stereocenters. The van der Waals surface area contributed by atoms with Crippen LogP contribution in [0.15, 0.2) is 235 Å². The first kappa shape index (κ1) is 35.4. The van der Waals surface area contributed by atoms with Crippen LogP contribution in [-0.4, -0.2) is 4.57 Å². The fourth-order valence-corrected chi connectivity index (χ4v) is 10.0. The van der Waals surface area contributed by atoms with E-state index in [1.165, 1.54) is 43.4 Å². The standard InChI is InChI=1S/C60H38N2O/c1-3-17-47-40(13-1)27-28-42-29-30-44(38-53(42)47)48-18-5-8-22-54(48)61(57-25-12-26-58-59(57)52-36-33-41-14-2-4-19-49(41)60(52)63-58)45-34-31-39(32-35-45)43-15-11-16-46(37-43)62-55-23-9-6-20-50(55)51-21-7-10-24-56(51)62/h1-38H. The SMILES string of the molecule is c1cc(-c2ccc(N(c3ccccc3-c3ccc4ccc5ccccc5c4c3)c3cccc4oc5c6ccccc6ccc5c34)cc2)cc(-n2c3ccccc3c3ccccc32)c1. The summed E-state index contributed by atoms with van der Waals surface area (Å²) in [6.45, 7) is 0. The lowest BCUT2D eigenvalue weighted by molar-refractivity contribution is 0.672. The van der Waals surface area contributed by atoms with E-state index in [4.69, 9.17) is 4.42 Å². The molecule has 0 aliphatic carbocycles. The van der Waals surface area contributed by atoms with Crippen LogP contribution in [0.25, 0.3) is 104 Å². The number of para-hydroxylation sites is 3. The van der Waals surface area contributed by atoms with Gasteiger partial charge in [0.05, 0.1) is 27.8 Å². The quantitative estimate of drug-likeness (QED) is 0.156. The van der Waals surface area contributed by atoms with Crippen molar-refractivity contribution >= 4 is 93.1 Å². The molecular formula is C60H38N2O. The number of anilines is 3. The van der Waals surface area contributed by atoms with Crippen molar-refractivity contribution in [2.45, 2.75) is 0 Å². The van der Waals surface area contributed by atoms with Gasteiger partial charge in [-0.3, -0.25) is 0 Å². The van der Waals surface area contributed by atoms with Gasteiger partial charge in [0.2, 0.25) is 0 Å². The molecular weight excluding hydrogens is 765 g/mol. The minimum absolute atomic E-state index is 0.858. The van der Waals surface area contributed by atoms with Crippen LogP contribution in [0.2, 0.25) is 0 Å². The molecule has 0 aliphatic rings. The predicted octanol–water partition coefficient (Wildman–Crippen LogP) is 16.9. The summed E-state index contributed by atoms with van der Waals surface area (Å²) in [6.07, 6.45) is 0. The van der Waals surface area contributed by atoms with Gasteiger partial charge in [-0.2, -0.15) is 0 Å². The number of hydrogen-bond acceptors (Lipinski definition) is 2. The van der Waals surface area contributed by atoms with Crippen LogP contribution in [0.5, 0.6) is 0 Å². The van der Waals surface area contributed by atoms with E-state index < -0.39 is 0 Å². The number of benzene rings is 11. The van der Waals surface area contributed by atoms with Gasteiger partial charge in [0.15, 0.2) is 0 Å². The Labute approximate surface area is 363 Å². The van der Waals surface area contributed by atoms with E-state index in [-0.39, 0.29) is 0 Å². The highest BCUT2D eigenvalue weighted by atomic mass is 16.3. The van der Waals surface area contributed by atoms with Crippen LogP contribution >= 0.6 is 0 Å². The summed E-state index contributed by atoms with van der Waals surface area (Å²) in [7, 11) is 0. The molecule has 0 amide bonds. The Morgan fingerprint density at radius 3 is 1.73 bits per heavy atom. The molecule has 0 saturated heterocycles. The number of hydrogen-bond donors (Lipinski definition) is 0. The van der Waals surface area contributed by atoms with Crippen molar-refractivity contribution in [3.63, 3.8) is 0 Å². The van der Waals surface area contributed by atoms with E-state index in [9.17, 15) is 0 Å². The lowest BCUT2D eigenvalue weighted by Gasteiger charge is -2.29. The Balaban J connectivity index is 0.998. The zero-order valence-electron chi connectivity index (χ0n) is 34.2. The Morgan fingerprint density at radius 2 is 0.937 bits per heavy atom. The molecule has 294 valence electrons. The number of aromatic nitrogens is 1. The van der Waals surface area contributed by atoms with Crippen LogP contribution in [-0.2, 0) is 0 Å². The minimum Gasteiger partial charge on any atom is -0.455 e. The zero-order valence-corrected chi connectivity index (χ0v) is 34.2. The lowest BCUT2D eigenvalue weighted by Crippen LogP contribution is -2.11. The third kappa shape index (κ3) is 5.60. The highest BCUT2D eigenvalue weighted by Gasteiger charge is 2.23. The molecule has 2 heterocycles. The largest absolute Gasteiger partial charge is 0.455 e. The first-order valence-corrected chi connectivity index (χ1v) is 21.6. The molecule has 3 heteroatoms. The maximum Gasteiger partial charge on any atom is 0.143 e. The summed E-state index contributed by atoms with van der Waals surface area (Å²) in [5.74, 6) is 0. The molecule has 0 fully saturated rings. The third-order valence-electron chi connectivity index (χ3n) is 13.0. The molecule has 13 aromatic rings. The minimum atomic E-state index is 0.858. The van der Waals surface area contributed by atoms with Crippen molar-refractivity contribution in [1.82, 2.24) is 4.57 Å².